The second-order valence-corrected chi connectivity index (χ2v) is 5.11. The molecule has 2 atom stereocenters. The highest BCUT2D eigenvalue weighted by Gasteiger charge is 2.47. The van der Waals surface area contributed by atoms with Crippen molar-refractivity contribution in [2.45, 2.75) is 32.7 Å². The van der Waals surface area contributed by atoms with Crippen molar-refractivity contribution in [3.63, 3.8) is 0 Å². The van der Waals surface area contributed by atoms with E-state index < -0.39 is 0 Å². The molecule has 0 amide bonds. The van der Waals surface area contributed by atoms with E-state index in [2.05, 4.69) is 30.5 Å². The van der Waals surface area contributed by atoms with E-state index in [4.69, 9.17) is 4.98 Å². The fourth-order valence-electron chi connectivity index (χ4n) is 2.87. The highest BCUT2D eigenvalue weighted by Crippen LogP contribution is 2.53. The van der Waals surface area contributed by atoms with E-state index in [0.29, 0.717) is 0 Å². The van der Waals surface area contributed by atoms with Crippen molar-refractivity contribution in [3.05, 3.63) is 29.1 Å². The molecule has 2 nitrogen and oxygen atoms in total. The molecular weight excluding hydrogens is 184 g/mol. The topological polar surface area (TPSA) is 17.8 Å². The van der Waals surface area contributed by atoms with E-state index in [1.807, 2.05) is 0 Å². The fourth-order valence-corrected chi connectivity index (χ4v) is 2.87. The van der Waals surface area contributed by atoms with Crippen LogP contribution in [-0.2, 0) is 6.54 Å². The molecule has 2 heteroatoms. The van der Waals surface area contributed by atoms with Gasteiger partial charge < -0.3 is 4.57 Å². The molecule has 4 rings (SSSR count). The third kappa shape index (κ3) is 0.876. The summed E-state index contributed by atoms with van der Waals surface area (Å²) in [5, 5.41) is 0. The predicted molar refractivity (Wildman–Crippen MR) is 60.1 cm³/mol. The number of nitrogens with zero attached hydrogens (tertiary/aromatic N) is 2. The highest BCUT2D eigenvalue weighted by atomic mass is 15.1. The Bertz CT molecular complexity index is 580. The van der Waals surface area contributed by atoms with Crippen LogP contribution in [0.1, 0.15) is 29.3 Å². The molecular formula is C13H14N2. The van der Waals surface area contributed by atoms with E-state index >= 15 is 0 Å². The number of imidazole rings is 1. The Morgan fingerprint density at radius 2 is 2.07 bits per heavy atom. The smallest absolute Gasteiger partial charge is 0.113 e. The Morgan fingerprint density at radius 3 is 2.93 bits per heavy atom. The van der Waals surface area contributed by atoms with Crippen LogP contribution in [0.2, 0.25) is 0 Å². The van der Waals surface area contributed by atoms with Gasteiger partial charge in [0.2, 0.25) is 0 Å². The zero-order valence-electron chi connectivity index (χ0n) is 9.12. The monoisotopic (exact) mass is 198 g/mol. The van der Waals surface area contributed by atoms with Gasteiger partial charge in [0.1, 0.15) is 5.82 Å². The number of fused-ring (bicyclic) bond motifs is 5. The molecule has 2 aliphatic rings. The molecule has 1 aliphatic heterocycles. The number of rotatable bonds is 0. The Balaban J connectivity index is 2.08. The van der Waals surface area contributed by atoms with E-state index in [0.717, 1.165) is 11.8 Å². The molecule has 2 aromatic rings. The Labute approximate surface area is 88.9 Å². The zero-order chi connectivity index (χ0) is 10.2. The molecule has 1 aromatic heterocycles. The molecule has 0 bridgehead atoms. The van der Waals surface area contributed by atoms with Crippen LogP contribution in [0.5, 0.6) is 0 Å². The molecule has 1 aliphatic carbocycles. The Hall–Kier alpha value is -1.31. The summed E-state index contributed by atoms with van der Waals surface area (Å²) >= 11 is 0. The van der Waals surface area contributed by atoms with Gasteiger partial charge in [-0.25, -0.2) is 4.98 Å². The minimum absolute atomic E-state index is 0.790. The predicted octanol–water partition coefficient (Wildman–Crippen LogP) is 2.77. The summed E-state index contributed by atoms with van der Waals surface area (Å²) in [7, 11) is 0. The van der Waals surface area contributed by atoms with Gasteiger partial charge in [-0.3, -0.25) is 0 Å². The Kier molecular flexibility index (Phi) is 1.19. The summed E-state index contributed by atoms with van der Waals surface area (Å²) in [6.07, 6.45) is 1.38. The van der Waals surface area contributed by atoms with Crippen LogP contribution in [0.4, 0.5) is 0 Å². The molecule has 1 aromatic carbocycles. The van der Waals surface area contributed by atoms with Crippen LogP contribution in [0.25, 0.3) is 11.0 Å². The zero-order valence-corrected chi connectivity index (χ0v) is 9.12. The lowest BCUT2D eigenvalue weighted by atomic mass is 10.1. The van der Waals surface area contributed by atoms with Crippen molar-refractivity contribution in [3.8, 4) is 0 Å². The minimum Gasteiger partial charge on any atom is -0.327 e. The van der Waals surface area contributed by atoms with Crippen molar-refractivity contribution in [2.24, 2.45) is 5.92 Å². The van der Waals surface area contributed by atoms with Gasteiger partial charge >= 0.3 is 0 Å². The number of aryl methyl sites for hydroxylation is 2. The Morgan fingerprint density at radius 1 is 1.27 bits per heavy atom. The molecule has 0 spiro atoms. The first-order chi connectivity index (χ1) is 7.24. The number of hydrogen-bond donors (Lipinski definition) is 0. The summed E-state index contributed by atoms with van der Waals surface area (Å²) < 4.78 is 2.43. The fraction of sp³-hybridized carbons (Fsp3) is 0.462. The molecule has 1 fully saturated rings. The van der Waals surface area contributed by atoms with Crippen molar-refractivity contribution in [1.29, 1.82) is 0 Å². The van der Waals surface area contributed by atoms with Crippen molar-refractivity contribution in [2.75, 3.05) is 0 Å². The summed E-state index contributed by atoms with van der Waals surface area (Å²) in [4.78, 5) is 4.78. The van der Waals surface area contributed by atoms with E-state index in [1.54, 1.807) is 0 Å². The number of benzene rings is 1. The molecule has 1 saturated carbocycles. The average Bonchev–Trinajstić information content (AvgIpc) is 2.76. The number of aromatic nitrogens is 2. The molecule has 2 unspecified atom stereocenters. The standard InChI is InChI=1S/C13H14N2/c1-7-3-11-12(4-8(7)2)15-6-9-5-10(9)13(15)14-11/h3-4,9-10H,5-6H2,1-2H3. The molecule has 76 valence electrons. The maximum absolute atomic E-state index is 4.78. The molecule has 0 N–H and O–H groups in total. The maximum Gasteiger partial charge on any atom is 0.113 e. The van der Waals surface area contributed by atoms with Gasteiger partial charge in [-0.15, -0.1) is 0 Å². The third-order valence-corrected chi connectivity index (χ3v) is 4.06. The minimum atomic E-state index is 0.790. The second kappa shape index (κ2) is 2.26. The molecule has 2 heterocycles. The lowest BCUT2D eigenvalue weighted by molar-refractivity contribution is 0.686. The lowest BCUT2D eigenvalue weighted by Crippen LogP contribution is -1.96. The lowest BCUT2D eigenvalue weighted by Gasteiger charge is -2.03. The molecule has 0 radical (unpaired) electrons. The highest BCUT2D eigenvalue weighted by molar-refractivity contribution is 5.78. The summed E-state index contributed by atoms with van der Waals surface area (Å²) in [6.45, 7) is 5.56. The van der Waals surface area contributed by atoms with Crippen LogP contribution in [0.15, 0.2) is 12.1 Å². The van der Waals surface area contributed by atoms with Crippen LogP contribution in [0, 0.1) is 19.8 Å². The van der Waals surface area contributed by atoms with Gasteiger partial charge in [0.15, 0.2) is 0 Å². The average molecular weight is 198 g/mol. The van der Waals surface area contributed by atoms with Gasteiger partial charge in [0.05, 0.1) is 11.0 Å². The van der Waals surface area contributed by atoms with E-state index in [-0.39, 0.29) is 0 Å². The van der Waals surface area contributed by atoms with Gasteiger partial charge in [-0.05, 0) is 49.4 Å². The third-order valence-electron chi connectivity index (χ3n) is 4.06. The maximum atomic E-state index is 4.78. The largest absolute Gasteiger partial charge is 0.327 e. The van der Waals surface area contributed by atoms with Crippen LogP contribution >= 0.6 is 0 Å². The molecule has 0 saturated heterocycles. The summed E-state index contributed by atoms with van der Waals surface area (Å²) in [5.41, 5.74) is 5.27. The number of hydrogen-bond acceptors (Lipinski definition) is 1. The van der Waals surface area contributed by atoms with Crippen LogP contribution in [-0.4, -0.2) is 9.55 Å². The first-order valence-corrected chi connectivity index (χ1v) is 5.71. The van der Waals surface area contributed by atoms with Crippen molar-refractivity contribution >= 4 is 11.0 Å². The van der Waals surface area contributed by atoms with Crippen molar-refractivity contribution < 1.29 is 0 Å². The normalized spacial score (nSPS) is 26.8. The van der Waals surface area contributed by atoms with Gasteiger partial charge in [-0.2, -0.15) is 0 Å². The van der Waals surface area contributed by atoms with Gasteiger partial charge in [0.25, 0.3) is 0 Å². The van der Waals surface area contributed by atoms with Gasteiger partial charge in [0, 0.05) is 12.5 Å². The quantitative estimate of drug-likeness (QED) is 0.636. The van der Waals surface area contributed by atoms with E-state index in [1.165, 1.54) is 41.0 Å². The molecule has 15 heavy (non-hydrogen) atoms. The second-order valence-electron chi connectivity index (χ2n) is 5.11. The van der Waals surface area contributed by atoms with Gasteiger partial charge in [-0.1, -0.05) is 0 Å². The summed E-state index contributed by atoms with van der Waals surface area (Å²) in [6, 6.07) is 4.53. The van der Waals surface area contributed by atoms with Crippen LogP contribution in [0.3, 0.4) is 0 Å². The first-order valence-electron chi connectivity index (χ1n) is 5.71. The first kappa shape index (κ1) is 7.91. The summed E-state index contributed by atoms with van der Waals surface area (Å²) in [5.74, 6) is 3.05. The van der Waals surface area contributed by atoms with Crippen molar-refractivity contribution in [1.82, 2.24) is 9.55 Å². The van der Waals surface area contributed by atoms with E-state index in [9.17, 15) is 0 Å². The SMILES string of the molecule is Cc1cc2nc3n(c2cc1C)CC1CC31. The van der Waals surface area contributed by atoms with Crippen LogP contribution < -0.4 is 0 Å².